The van der Waals surface area contributed by atoms with Crippen LogP contribution in [0.25, 0.3) is 0 Å². The molecule has 0 aromatic heterocycles. The van der Waals surface area contributed by atoms with Gasteiger partial charge in [0, 0.05) is 0 Å². The highest BCUT2D eigenvalue weighted by Crippen LogP contribution is 2.23. The van der Waals surface area contributed by atoms with E-state index in [1.54, 1.807) is 0 Å². The lowest BCUT2D eigenvalue weighted by atomic mass is 10.1. The van der Waals surface area contributed by atoms with Gasteiger partial charge in [-0.3, -0.25) is 0 Å². The highest BCUT2D eigenvalue weighted by atomic mass is 35.5. The van der Waals surface area contributed by atoms with Crippen LogP contribution >= 0.6 is 23.2 Å². The van der Waals surface area contributed by atoms with Crippen molar-refractivity contribution in [2.24, 2.45) is 0 Å². The van der Waals surface area contributed by atoms with E-state index < -0.39 is 0 Å². The van der Waals surface area contributed by atoms with Crippen molar-refractivity contribution >= 4 is 23.2 Å². The molecule has 1 nitrogen and oxygen atoms in total. The van der Waals surface area contributed by atoms with E-state index in [1.165, 1.54) is 5.56 Å². The molecule has 0 aliphatic heterocycles. The SMILES string of the molecule is [O]CCCCCCc1ccc(Cl)c(Cl)c1. The fourth-order valence-corrected chi connectivity index (χ4v) is 1.80. The highest BCUT2D eigenvalue weighted by molar-refractivity contribution is 6.42. The molecule has 0 saturated heterocycles. The van der Waals surface area contributed by atoms with Crippen LogP contribution in [0.4, 0.5) is 0 Å². The predicted octanol–water partition coefficient (Wildman–Crippen LogP) is 4.53. The molecule has 0 amide bonds. The van der Waals surface area contributed by atoms with E-state index in [0.29, 0.717) is 10.0 Å². The standard InChI is InChI=1S/C12H15Cl2O/c13-11-7-6-10(9-12(11)14)5-3-1-2-4-8-15/h6-7,9H,1-5,8H2. The summed E-state index contributed by atoms with van der Waals surface area (Å²) < 4.78 is 0. The second kappa shape index (κ2) is 7.10. The van der Waals surface area contributed by atoms with Crippen molar-refractivity contribution in [3.05, 3.63) is 33.8 Å². The van der Waals surface area contributed by atoms with Crippen LogP contribution in [0.15, 0.2) is 18.2 Å². The van der Waals surface area contributed by atoms with Crippen LogP contribution in [0.1, 0.15) is 31.2 Å². The summed E-state index contributed by atoms with van der Waals surface area (Å²) in [5.74, 6) is 0. The van der Waals surface area contributed by atoms with Gasteiger partial charge in [0.1, 0.15) is 0 Å². The van der Waals surface area contributed by atoms with Crippen molar-refractivity contribution < 1.29 is 5.11 Å². The average molecular weight is 246 g/mol. The van der Waals surface area contributed by atoms with Gasteiger partial charge in [-0.15, -0.1) is 0 Å². The summed E-state index contributed by atoms with van der Waals surface area (Å²) in [7, 11) is 0. The molecule has 1 aromatic rings. The molecule has 0 aliphatic rings. The molecule has 83 valence electrons. The normalized spacial score (nSPS) is 10.6. The van der Waals surface area contributed by atoms with Crippen LogP contribution in [0.5, 0.6) is 0 Å². The molecule has 0 unspecified atom stereocenters. The third-order valence-electron chi connectivity index (χ3n) is 2.34. The van der Waals surface area contributed by atoms with Crippen LogP contribution in [-0.4, -0.2) is 6.61 Å². The van der Waals surface area contributed by atoms with Crippen LogP contribution in [-0.2, 0) is 11.5 Å². The molecule has 0 fully saturated rings. The molecule has 0 spiro atoms. The molecule has 15 heavy (non-hydrogen) atoms. The number of hydrogen-bond donors (Lipinski definition) is 0. The predicted molar refractivity (Wildman–Crippen MR) is 64.2 cm³/mol. The molecule has 0 atom stereocenters. The first-order valence-corrected chi connectivity index (χ1v) is 6.01. The first-order chi connectivity index (χ1) is 7.24. The third-order valence-corrected chi connectivity index (χ3v) is 3.08. The number of aryl methyl sites for hydroxylation is 1. The number of halogens is 2. The van der Waals surface area contributed by atoms with E-state index in [-0.39, 0.29) is 6.61 Å². The molecule has 1 radical (unpaired) electrons. The Morgan fingerprint density at radius 3 is 2.33 bits per heavy atom. The van der Waals surface area contributed by atoms with Crippen molar-refractivity contribution in [2.45, 2.75) is 32.1 Å². The van der Waals surface area contributed by atoms with Gasteiger partial charge in [0.15, 0.2) is 0 Å². The maximum atomic E-state index is 10.2. The summed E-state index contributed by atoms with van der Waals surface area (Å²) in [6, 6.07) is 5.75. The van der Waals surface area contributed by atoms with Crippen LogP contribution in [0.3, 0.4) is 0 Å². The van der Waals surface area contributed by atoms with E-state index in [2.05, 4.69) is 0 Å². The van der Waals surface area contributed by atoms with Gasteiger partial charge in [-0.1, -0.05) is 42.1 Å². The maximum absolute atomic E-state index is 10.2. The molecular weight excluding hydrogens is 231 g/mol. The average Bonchev–Trinajstić information content (AvgIpc) is 2.23. The fourth-order valence-electron chi connectivity index (χ4n) is 1.48. The fraction of sp³-hybridized carbons (Fsp3) is 0.500. The first-order valence-electron chi connectivity index (χ1n) is 5.26. The largest absolute Gasteiger partial charge is 0.237 e. The van der Waals surface area contributed by atoms with Crippen LogP contribution in [0, 0.1) is 0 Å². The third kappa shape index (κ3) is 4.87. The van der Waals surface area contributed by atoms with E-state index in [0.717, 1.165) is 32.1 Å². The molecule has 0 heterocycles. The van der Waals surface area contributed by atoms with Crippen molar-refractivity contribution in [1.29, 1.82) is 0 Å². The number of unbranched alkanes of at least 4 members (excludes halogenated alkanes) is 3. The number of rotatable bonds is 6. The van der Waals surface area contributed by atoms with Gasteiger partial charge < -0.3 is 0 Å². The second-order valence-electron chi connectivity index (χ2n) is 3.62. The lowest BCUT2D eigenvalue weighted by Crippen LogP contribution is -1.87. The van der Waals surface area contributed by atoms with E-state index >= 15 is 0 Å². The van der Waals surface area contributed by atoms with E-state index in [4.69, 9.17) is 23.2 Å². The number of benzene rings is 1. The molecule has 3 heteroatoms. The monoisotopic (exact) mass is 245 g/mol. The van der Waals surface area contributed by atoms with Gasteiger partial charge in [-0.2, -0.15) is 0 Å². The summed E-state index contributed by atoms with van der Waals surface area (Å²) in [6.07, 6.45) is 5.06. The van der Waals surface area contributed by atoms with Gasteiger partial charge in [-0.25, -0.2) is 5.11 Å². The Kier molecular flexibility index (Phi) is 6.07. The Hall–Kier alpha value is -0.240. The minimum atomic E-state index is 0.0484. The van der Waals surface area contributed by atoms with Gasteiger partial charge >= 0.3 is 0 Å². The van der Waals surface area contributed by atoms with Crippen LogP contribution < -0.4 is 0 Å². The molecule has 0 N–H and O–H groups in total. The van der Waals surface area contributed by atoms with E-state index in [9.17, 15) is 5.11 Å². The smallest absolute Gasteiger partial charge is 0.0822 e. The Balaban J connectivity index is 2.28. The minimum absolute atomic E-state index is 0.0484. The molecule has 1 aromatic carbocycles. The molecule has 0 saturated carbocycles. The Labute approximate surface area is 101 Å². The van der Waals surface area contributed by atoms with Crippen molar-refractivity contribution in [3.8, 4) is 0 Å². The Morgan fingerprint density at radius 1 is 0.933 bits per heavy atom. The number of hydrogen-bond acceptors (Lipinski definition) is 0. The molecule has 1 rings (SSSR count). The second-order valence-corrected chi connectivity index (χ2v) is 4.43. The summed E-state index contributed by atoms with van der Waals surface area (Å²) in [5, 5.41) is 11.4. The summed E-state index contributed by atoms with van der Waals surface area (Å²) in [6.45, 7) is 0.0484. The zero-order valence-electron chi connectivity index (χ0n) is 8.64. The van der Waals surface area contributed by atoms with Crippen LogP contribution in [0.2, 0.25) is 10.0 Å². The highest BCUT2D eigenvalue weighted by Gasteiger charge is 1.99. The zero-order chi connectivity index (χ0) is 11.1. The summed E-state index contributed by atoms with van der Waals surface area (Å²) >= 11 is 11.7. The van der Waals surface area contributed by atoms with E-state index in [1.807, 2.05) is 18.2 Å². The topological polar surface area (TPSA) is 19.9 Å². The summed E-state index contributed by atoms with van der Waals surface area (Å²) in [5.41, 5.74) is 1.21. The lowest BCUT2D eigenvalue weighted by molar-refractivity contribution is 0.186. The maximum Gasteiger partial charge on any atom is 0.0822 e. The van der Waals surface area contributed by atoms with Gasteiger partial charge in [-0.05, 0) is 37.0 Å². The van der Waals surface area contributed by atoms with Crippen molar-refractivity contribution in [3.63, 3.8) is 0 Å². The molecule has 0 bridgehead atoms. The Morgan fingerprint density at radius 2 is 1.67 bits per heavy atom. The lowest BCUT2D eigenvalue weighted by Gasteiger charge is -2.03. The minimum Gasteiger partial charge on any atom is -0.237 e. The zero-order valence-corrected chi connectivity index (χ0v) is 10.2. The summed E-state index contributed by atoms with van der Waals surface area (Å²) in [4.78, 5) is 0. The van der Waals surface area contributed by atoms with Crippen molar-refractivity contribution in [2.75, 3.05) is 6.61 Å². The van der Waals surface area contributed by atoms with Gasteiger partial charge in [0.2, 0.25) is 0 Å². The first kappa shape index (κ1) is 12.8. The quantitative estimate of drug-likeness (QED) is 0.657. The van der Waals surface area contributed by atoms with Crippen molar-refractivity contribution in [1.82, 2.24) is 0 Å². The Bertz CT molecular complexity index is 300. The van der Waals surface area contributed by atoms with Gasteiger partial charge in [0.25, 0.3) is 0 Å². The molecule has 0 aliphatic carbocycles. The molecular formula is C12H15Cl2O. The van der Waals surface area contributed by atoms with Gasteiger partial charge in [0.05, 0.1) is 16.7 Å².